The van der Waals surface area contributed by atoms with E-state index in [-0.39, 0.29) is 0 Å². The maximum absolute atomic E-state index is 10.4. The van der Waals surface area contributed by atoms with Gasteiger partial charge in [0, 0.05) is 12.6 Å². The Morgan fingerprint density at radius 3 is 1.94 bits per heavy atom. The molecule has 170 valence electrons. The lowest BCUT2D eigenvalue weighted by molar-refractivity contribution is 0.103. The quantitative estimate of drug-likeness (QED) is 0.377. The molecule has 0 aliphatic carbocycles. The molecular formula is C28H41NO2. The van der Waals surface area contributed by atoms with Crippen molar-refractivity contribution in [1.29, 1.82) is 0 Å². The zero-order valence-corrected chi connectivity index (χ0v) is 20.2. The van der Waals surface area contributed by atoms with E-state index in [1.54, 1.807) is 0 Å². The fraction of sp³-hybridized carbons (Fsp3) is 0.500. The maximum Gasteiger partial charge on any atom is 0.126 e. The number of hydrogen-bond acceptors (Lipinski definition) is 3. The van der Waals surface area contributed by atoms with Gasteiger partial charge >= 0.3 is 0 Å². The average molecular weight is 424 g/mol. The van der Waals surface area contributed by atoms with Gasteiger partial charge in [-0.3, -0.25) is 0 Å². The van der Waals surface area contributed by atoms with Gasteiger partial charge in [0.15, 0.2) is 0 Å². The molecule has 0 aliphatic heterocycles. The van der Waals surface area contributed by atoms with E-state index in [2.05, 4.69) is 95.4 Å². The van der Waals surface area contributed by atoms with Gasteiger partial charge in [-0.05, 0) is 59.1 Å². The molecule has 0 amide bonds. The van der Waals surface area contributed by atoms with Crippen molar-refractivity contribution in [3.63, 3.8) is 0 Å². The van der Waals surface area contributed by atoms with Crippen LogP contribution in [0.25, 0.3) is 12.2 Å². The second-order valence-electron chi connectivity index (χ2n) is 8.92. The predicted molar refractivity (Wildman–Crippen MR) is 134 cm³/mol. The van der Waals surface area contributed by atoms with Crippen LogP contribution in [0.3, 0.4) is 0 Å². The topological polar surface area (TPSA) is 41.5 Å². The van der Waals surface area contributed by atoms with E-state index in [4.69, 9.17) is 4.74 Å². The van der Waals surface area contributed by atoms with Crippen molar-refractivity contribution in [3.05, 3.63) is 64.7 Å². The van der Waals surface area contributed by atoms with E-state index < -0.39 is 6.10 Å². The molecule has 3 unspecified atom stereocenters. The Morgan fingerprint density at radius 1 is 0.871 bits per heavy atom. The van der Waals surface area contributed by atoms with Crippen molar-refractivity contribution >= 4 is 12.2 Å². The summed E-state index contributed by atoms with van der Waals surface area (Å²) in [6.07, 6.45) is 5.91. The molecule has 0 radical (unpaired) electrons. The number of nitrogens with one attached hydrogen (secondary N) is 1. The Morgan fingerprint density at radius 2 is 1.42 bits per heavy atom. The average Bonchev–Trinajstić information content (AvgIpc) is 2.79. The third kappa shape index (κ3) is 7.83. The van der Waals surface area contributed by atoms with Crippen LogP contribution < -0.4 is 10.1 Å². The summed E-state index contributed by atoms with van der Waals surface area (Å²) in [5.74, 6) is 1.73. The molecule has 3 heteroatoms. The molecular weight excluding hydrogens is 382 g/mol. The lowest BCUT2D eigenvalue weighted by Gasteiger charge is -2.24. The standard InChI is InChI=1S/C28H41NO2/c1-7-21(5)26-16-24(15-14-23-12-10-9-11-13-23)17-27(22(6)8-2)28(26)31-19-25(30)18-29-20(3)4/h9-17,20-22,25,29-30H,7-8,18-19H2,1-6H3/b15-14+. The zero-order chi connectivity index (χ0) is 22.8. The van der Waals surface area contributed by atoms with Crippen molar-refractivity contribution in [3.8, 4) is 5.75 Å². The lowest BCUT2D eigenvalue weighted by Crippen LogP contribution is -2.35. The molecule has 0 saturated heterocycles. The summed E-state index contributed by atoms with van der Waals surface area (Å²) >= 11 is 0. The highest BCUT2D eigenvalue weighted by molar-refractivity contribution is 5.71. The number of rotatable bonds is 12. The molecule has 0 spiro atoms. The Labute approximate surface area is 189 Å². The summed E-state index contributed by atoms with van der Waals surface area (Å²) in [4.78, 5) is 0. The summed E-state index contributed by atoms with van der Waals surface area (Å²) in [5.41, 5.74) is 4.86. The molecule has 0 bridgehead atoms. The molecule has 0 saturated carbocycles. The minimum atomic E-state index is -0.533. The van der Waals surface area contributed by atoms with Crippen molar-refractivity contribution in [2.75, 3.05) is 13.2 Å². The minimum Gasteiger partial charge on any atom is -0.490 e. The Kier molecular flexibility index (Phi) is 10.3. The van der Waals surface area contributed by atoms with Gasteiger partial charge in [0.05, 0.1) is 0 Å². The van der Waals surface area contributed by atoms with Crippen LogP contribution >= 0.6 is 0 Å². The first-order chi connectivity index (χ1) is 14.8. The zero-order valence-electron chi connectivity index (χ0n) is 20.2. The fourth-order valence-corrected chi connectivity index (χ4v) is 3.50. The van der Waals surface area contributed by atoms with Crippen molar-refractivity contribution in [2.45, 2.75) is 78.4 Å². The Balaban J connectivity index is 2.38. The van der Waals surface area contributed by atoms with Crippen LogP contribution in [0, 0.1) is 0 Å². The monoisotopic (exact) mass is 423 g/mol. The van der Waals surface area contributed by atoms with Crippen molar-refractivity contribution in [2.24, 2.45) is 0 Å². The van der Waals surface area contributed by atoms with Gasteiger partial charge in [-0.25, -0.2) is 0 Å². The van der Waals surface area contributed by atoms with Crippen LogP contribution in [-0.2, 0) is 0 Å². The lowest BCUT2D eigenvalue weighted by atomic mass is 9.88. The summed E-state index contributed by atoms with van der Waals surface area (Å²) in [6, 6.07) is 15.3. The number of aliphatic hydroxyl groups excluding tert-OH is 1. The number of aliphatic hydroxyl groups is 1. The highest BCUT2D eigenvalue weighted by Gasteiger charge is 2.20. The maximum atomic E-state index is 10.4. The van der Waals surface area contributed by atoms with Gasteiger partial charge in [-0.15, -0.1) is 0 Å². The molecule has 2 aromatic carbocycles. The second kappa shape index (κ2) is 12.7. The fourth-order valence-electron chi connectivity index (χ4n) is 3.50. The van der Waals surface area contributed by atoms with Gasteiger partial charge in [0.2, 0.25) is 0 Å². The van der Waals surface area contributed by atoms with Crippen LogP contribution in [0.15, 0.2) is 42.5 Å². The van der Waals surface area contributed by atoms with Gasteiger partial charge in [0.25, 0.3) is 0 Å². The molecule has 0 fully saturated rings. The van der Waals surface area contributed by atoms with Gasteiger partial charge in [-0.1, -0.05) is 84.0 Å². The molecule has 2 aromatic rings. The van der Waals surface area contributed by atoms with Crippen LogP contribution in [0.5, 0.6) is 5.75 Å². The molecule has 3 atom stereocenters. The van der Waals surface area contributed by atoms with E-state index in [1.807, 2.05) is 6.07 Å². The first kappa shape index (κ1) is 25.2. The van der Waals surface area contributed by atoms with Gasteiger partial charge < -0.3 is 15.2 Å². The molecule has 2 rings (SSSR count). The molecule has 2 N–H and O–H groups in total. The van der Waals surface area contributed by atoms with E-state index in [0.717, 1.165) is 18.6 Å². The van der Waals surface area contributed by atoms with Crippen molar-refractivity contribution in [1.82, 2.24) is 5.32 Å². The molecule has 3 nitrogen and oxygen atoms in total. The first-order valence-corrected chi connectivity index (χ1v) is 11.8. The molecule has 0 aliphatic rings. The van der Waals surface area contributed by atoms with Crippen LogP contribution in [-0.4, -0.2) is 30.4 Å². The van der Waals surface area contributed by atoms with Crippen molar-refractivity contribution < 1.29 is 9.84 Å². The Bertz CT molecular complexity index is 782. The van der Waals surface area contributed by atoms with Crippen LogP contribution in [0.1, 0.15) is 88.5 Å². The van der Waals surface area contributed by atoms with E-state index in [9.17, 15) is 5.11 Å². The number of benzene rings is 2. The summed E-state index contributed by atoms with van der Waals surface area (Å²) in [6.45, 7) is 13.9. The SMILES string of the molecule is CCC(C)c1cc(/C=C/c2ccccc2)cc(C(C)CC)c1OCC(O)CNC(C)C. The highest BCUT2D eigenvalue weighted by Crippen LogP contribution is 2.38. The van der Waals surface area contributed by atoms with Crippen LogP contribution in [0.2, 0.25) is 0 Å². The summed E-state index contributed by atoms with van der Waals surface area (Å²) < 4.78 is 6.31. The third-order valence-electron chi connectivity index (χ3n) is 5.90. The van der Waals surface area contributed by atoms with E-state index in [0.29, 0.717) is 31.0 Å². The van der Waals surface area contributed by atoms with Crippen LogP contribution in [0.4, 0.5) is 0 Å². The normalized spacial score (nSPS) is 14.7. The van der Waals surface area contributed by atoms with Gasteiger partial charge in [0.1, 0.15) is 18.5 Å². The summed E-state index contributed by atoms with van der Waals surface area (Å²) in [5, 5.41) is 13.7. The molecule has 0 aromatic heterocycles. The third-order valence-corrected chi connectivity index (χ3v) is 5.90. The number of ether oxygens (including phenoxy) is 1. The molecule has 31 heavy (non-hydrogen) atoms. The smallest absolute Gasteiger partial charge is 0.126 e. The first-order valence-electron chi connectivity index (χ1n) is 11.8. The predicted octanol–water partition coefficient (Wildman–Crippen LogP) is 6.62. The largest absolute Gasteiger partial charge is 0.490 e. The Hall–Kier alpha value is -2.10. The molecule has 0 heterocycles. The number of hydrogen-bond donors (Lipinski definition) is 2. The van der Waals surface area contributed by atoms with E-state index >= 15 is 0 Å². The minimum absolute atomic E-state index is 0.297. The van der Waals surface area contributed by atoms with Gasteiger partial charge in [-0.2, -0.15) is 0 Å². The summed E-state index contributed by atoms with van der Waals surface area (Å²) in [7, 11) is 0. The van der Waals surface area contributed by atoms with E-state index in [1.165, 1.54) is 22.3 Å². The highest BCUT2D eigenvalue weighted by atomic mass is 16.5. The second-order valence-corrected chi connectivity index (χ2v) is 8.92.